The lowest BCUT2D eigenvalue weighted by atomic mass is 10.1. The van der Waals surface area contributed by atoms with Gasteiger partial charge in [0.15, 0.2) is 0 Å². The Morgan fingerprint density at radius 2 is 1.50 bits per heavy atom. The Hall–Kier alpha value is -1.64. The molecule has 0 atom stereocenters. The molecule has 0 saturated heterocycles. The minimum Gasteiger partial charge on any atom is -0.384 e. The first-order valence-electron chi connectivity index (χ1n) is 3.61. The Kier molecular flexibility index (Phi) is 2.24. The van der Waals surface area contributed by atoms with E-state index in [1.165, 1.54) is 0 Å². The molecule has 0 spiro atoms. The van der Waals surface area contributed by atoms with Gasteiger partial charge in [-0.1, -0.05) is 24.3 Å². The lowest BCUT2D eigenvalue weighted by Gasteiger charge is -2.00. The maximum absolute atomic E-state index is 7.33. The highest BCUT2D eigenvalue weighted by molar-refractivity contribution is 5.99. The van der Waals surface area contributed by atoms with Gasteiger partial charge in [0.05, 0.1) is 0 Å². The summed E-state index contributed by atoms with van der Waals surface area (Å²) in [4.78, 5) is 0. The maximum atomic E-state index is 7.33. The molecule has 3 heteroatoms. The highest BCUT2D eigenvalue weighted by Gasteiger charge is 1.97. The lowest BCUT2D eigenvalue weighted by Crippen LogP contribution is -2.10. The minimum atomic E-state index is 0.0594. The van der Waals surface area contributed by atoms with Gasteiger partial charge >= 0.3 is 0 Å². The molecule has 1 rings (SSSR count). The van der Waals surface area contributed by atoms with E-state index in [0.29, 0.717) is 11.3 Å². The third-order valence-corrected chi connectivity index (χ3v) is 1.63. The van der Waals surface area contributed by atoms with Gasteiger partial charge in [-0.25, -0.2) is 0 Å². The molecular formula is C9H11N3. The minimum absolute atomic E-state index is 0.0594. The van der Waals surface area contributed by atoms with Crippen LogP contribution >= 0.6 is 0 Å². The van der Waals surface area contributed by atoms with Gasteiger partial charge in [-0.05, 0) is 12.5 Å². The molecule has 0 fully saturated rings. The molecule has 0 amide bonds. The van der Waals surface area contributed by atoms with Crippen molar-refractivity contribution in [3.05, 3.63) is 35.4 Å². The number of hydrogen-bond acceptors (Lipinski definition) is 2. The highest BCUT2D eigenvalue weighted by atomic mass is 14.7. The largest absolute Gasteiger partial charge is 0.384 e. The van der Waals surface area contributed by atoms with Crippen LogP contribution in [0.25, 0.3) is 0 Å². The molecule has 0 saturated carbocycles. The third-order valence-electron chi connectivity index (χ3n) is 1.63. The average molecular weight is 161 g/mol. The summed E-state index contributed by atoms with van der Waals surface area (Å²) in [7, 11) is 0. The second-order valence-corrected chi connectivity index (χ2v) is 2.62. The van der Waals surface area contributed by atoms with Crippen molar-refractivity contribution >= 4 is 11.5 Å². The fraction of sp³-hybridized carbons (Fsp3) is 0.111. The van der Waals surface area contributed by atoms with Gasteiger partial charge in [-0.2, -0.15) is 0 Å². The summed E-state index contributed by atoms with van der Waals surface area (Å²) in [5, 5.41) is 14.5. The molecule has 0 heterocycles. The van der Waals surface area contributed by atoms with E-state index in [9.17, 15) is 0 Å². The summed E-state index contributed by atoms with van der Waals surface area (Å²) in [6.45, 7) is 1.72. The second-order valence-electron chi connectivity index (χ2n) is 2.62. The van der Waals surface area contributed by atoms with Crippen LogP contribution < -0.4 is 5.73 Å². The van der Waals surface area contributed by atoms with Crippen LogP contribution in [0.5, 0.6) is 0 Å². The smallest absolute Gasteiger partial charge is 0.122 e. The van der Waals surface area contributed by atoms with Crippen LogP contribution in [0.4, 0.5) is 0 Å². The number of hydrogen-bond donors (Lipinski definition) is 3. The molecule has 0 bridgehead atoms. The van der Waals surface area contributed by atoms with E-state index in [2.05, 4.69) is 0 Å². The van der Waals surface area contributed by atoms with E-state index in [4.69, 9.17) is 16.6 Å². The van der Waals surface area contributed by atoms with Crippen molar-refractivity contribution in [2.24, 2.45) is 5.73 Å². The SMILES string of the molecule is CC(=N)c1ccc(C(=N)N)cc1. The third kappa shape index (κ3) is 1.69. The summed E-state index contributed by atoms with van der Waals surface area (Å²) in [5.41, 5.74) is 7.34. The van der Waals surface area contributed by atoms with Crippen LogP contribution in [0.2, 0.25) is 0 Å². The molecule has 0 radical (unpaired) electrons. The molecule has 0 unspecified atom stereocenters. The zero-order valence-electron chi connectivity index (χ0n) is 6.89. The Morgan fingerprint density at radius 3 is 1.83 bits per heavy atom. The number of rotatable bonds is 2. The van der Waals surface area contributed by atoms with Crippen molar-refractivity contribution in [1.29, 1.82) is 10.8 Å². The fourth-order valence-electron chi connectivity index (χ4n) is 0.900. The number of nitrogens with two attached hydrogens (primary N) is 1. The molecule has 0 aromatic heterocycles. The van der Waals surface area contributed by atoms with Gasteiger partial charge in [0, 0.05) is 11.3 Å². The maximum Gasteiger partial charge on any atom is 0.122 e. The first-order chi connectivity index (χ1) is 5.61. The quantitative estimate of drug-likeness (QED) is 0.444. The topological polar surface area (TPSA) is 73.7 Å². The van der Waals surface area contributed by atoms with Crippen molar-refractivity contribution in [1.82, 2.24) is 0 Å². The summed E-state index contributed by atoms with van der Waals surface area (Å²) in [5.74, 6) is 0.0594. The molecule has 12 heavy (non-hydrogen) atoms. The van der Waals surface area contributed by atoms with Crippen molar-refractivity contribution in [3.63, 3.8) is 0 Å². The number of nitrogens with one attached hydrogen (secondary N) is 2. The van der Waals surface area contributed by atoms with Gasteiger partial charge in [0.1, 0.15) is 5.84 Å². The van der Waals surface area contributed by atoms with E-state index in [1.807, 2.05) is 0 Å². The molecule has 4 N–H and O–H groups in total. The molecule has 0 aliphatic heterocycles. The van der Waals surface area contributed by atoms with E-state index in [1.54, 1.807) is 31.2 Å². The van der Waals surface area contributed by atoms with E-state index in [0.717, 1.165) is 5.56 Å². The zero-order chi connectivity index (χ0) is 9.14. The van der Waals surface area contributed by atoms with E-state index >= 15 is 0 Å². The van der Waals surface area contributed by atoms with Gasteiger partial charge in [-0.15, -0.1) is 0 Å². The summed E-state index contributed by atoms with van der Waals surface area (Å²) >= 11 is 0. The van der Waals surface area contributed by atoms with E-state index < -0.39 is 0 Å². The average Bonchev–Trinajstić information content (AvgIpc) is 2.04. The fourth-order valence-corrected chi connectivity index (χ4v) is 0.900. The number of amidine groups is 1. The van der Waals surface area contributed by atoms with Crippen LogP contribution in [-0.2, 0) is 0 Å². The first-order valence-corrected chi connectivity index (χ1v) is 3.61. The monoisotopic (exact) mass is 161 g/mol. The van der Waals surface area contributed by atoms with Crippen molar-refractivity contribution < 1.29 is 0 Å². The Labute approximate surface area is 71.2 Å². The van der Waals surface area contributed by atoms with Crippen LogP contribution in [0.1, 0.15) is 18.1 Å². The second kappa shape index (κ2) is 3.17. The van der Waals surface area contributed by atoms with Gasteiger partial charge < -0.3 is 11.1 Å². The van der Waals surface area contributed by atoms with Crippen LogP contribution in [0.3, 0.4) is 0 Å². The van der Waals surface area contributed by atoms with Crippen molar-refractivity contribution in [3.8, 4) is 0 Å². The molecule has 0 aliphatic carbocycles. The molecule has 62 valence electrons. The van der Waals surface area contributed by atoms with Gasteiger partial charge in [-0.3, -0.25) is 5.41 Å². The first kappa shape index (κ1) is 8.46. The number of nitrogen functional groups attached to an aromatic ring is 1. The Bertz CT molecular complexity index is 278. The summed E-state index contributed by atoms with van der Waals surface area (Å²) in [6, 6.07) is 7.07. The highest BCUT2D eigenvalue weighted by Crippen LogP contribution is 2.03. The summed E-state index contributed by atoms with van der Waals surface area (Å²) < 4.78 is 0. The molecule has 1 aromatic carbocycles. The van der Waals surface area contributed by atoms with Crippen molar-refractivity contribution in [2.45, 2.75) is 6.92 Å². The summed E-state index contributed by atoms with van der Waals surface area (Å²) in [6.07, 6.45) is 0. The van der Waals surface area contributed by atoms with Crippen molar-refractivity contribution in [2.75, 3.05) is 0 Å². The zero-order valence-corrected chi connectivity index (χ0v) is 6.89. The molecular weight excluding hydrogens is 150 g/mol. The number of benzene rings is 1. The van der Waals surface area contributed by atoms with Crippen LogP contribution in [-0.4, -0.2) is 11.5 Å². The van der Waals surface area contributed by atoms with Crippen LogP contribution in [0.15, 0.2) is 24.3 Å². The predicted octanol–water partition coefficient (Wildman–Crippen LogP) is 1.36. The molecule has 3 nitrogen and oxygen atoms in total. The Morgan fingerprint density at radius 1 is 1.08 bits per heavy atom. The van der Waals surface area contributed by atoms with Gasteiger partial charge in [0.2, 0.25) is 0 Å². The predicted molar refractivity (Wildman–Crippen MR) is 50.0 cm³/mol. The van der Waals surface area contributed by atoms with Gasteiger partial charge in [0.25, 0.3) is 0 Å². The van der Waals surface area contributed by atoms with E-state index in [-0.39, 0.29) is 5.84 Å². The molecule has 1 aromatic rings. The van der Waals surface area contributed by atoms with Crippen LogP contribution in [0, 0.1) is 10.8 Å². The standard InChI is InChI=1S/C9H11N3/c1-6(10)7-2-4-8(5-3-7)9(11)12/h2-5,10H,1H3,(H3,11,12). The Balaban J connectivity index is 3.01. The molecule has 0 aliphatic rings. The lowest BCUT2D eigenvalue weighted by molar-refractivity contribution is 1.41. The normalized spacial score (nSPS) is 9.42.